The van der Waals surface area contributed by atoms with Gasteiger partial charge in [0.05, 0.1) is 0 Å². The summed E-state index contributed by atoms with van der Waals surface area (Å²) in [6.07, 6.45) is 3.36. The van der Waals surface area contributed by atoms with Crippen molar-refractivity contribution in [2.75, 3.05) is 32.7 Å². The van der Waals surface area contributed by atoms with Crippen LogP contribution >= 0.6 is 0 Å². The molecule has 2 N–H and O–H groups in total. The summed E-state index contributed by atoms with van der Waals surface area (Å²) in [6.45, 7) is 2.69. The molecule has 0 unspecified atom stereocenters. The van der Waals surface area contributed by atoms with Crippen LogP contribution in [0.2, 0.25) is 0 Å². The Bertz CT molecular complexity index is 376. The Morgan fingerprint density at radius 1 is 1.24 bits per heavy atom. The van der Waals surface area contributed by atoms with Crippen molar-refractivity contribution in [3.05, 3.63) is 28.7 Å². The zero-order valence-electron chi connectivity index (χ0n) is 10.2. The monoisotopic (exact) mass is 240 g/mol. The number of aryl methyl sites for hydroxylation is 1. The minimum Gasteiger partial charge on any atom is -0.398 e. The Kier molecular flexibility index (Phi) is 6.35. The fraction of sp³-hybridized carbons (Fsp3) is 0.583. The molecule has 1 heterocycles. The van der Waals surface area contributed by atoms with E-state index in [2.05, 4.69) is 0 Å². The maximum atomic E-state index is 11.4. The van der Waals surface area contributed by atoms with Gasteiger partial charge < -0.3 is 19.8 Å². The summed E-state index contributed by atoms with van der Waals surface area (Å²) in [5, 5.41) is 0. The number of rotatable bonds is 8. The predicted octanol–water partition coefficient (Wildman–Crippen LogP) is 0.874. The number of ether oxygens (including phenoxy) is 2. The van der Waals surface area contributed by atoms with Crippen molar-refractivity contribution in [2.45, 2.75) is 19.4 Å². The van der Waals surface area contributed by atoms with Gasteiger partial charge >= 0.3 is 0 Å². The van der Waals surface area contributed by atoms with Crippen LogP contribution in [0.1, 0.15) is 12.8 Å². The summed E-state index contributed by atoms with van der Waals surface area (Å²) in [5.41, 5.74) is 6.18. The van der Waals surface area contributed by atoms with Crippen LogP contribution in [0, 0.1) is 0 Å². The van der Waals surface area contributed by atoms with Gasteiger partial charge in [-0.3, -0.25) is 4.79 Å². The Balaban J connectivity index is 2.18. The predicted molar refractivity (Wildman–Crippen MR) is 67.0 cm³/mol. The number of nitrogens with two attached hydrogens (primary N) is 1. The fourth-order valence-corrected chi connectivity index (χ4v) is 1.47. The van der Waals surface area contributed by atoms with Gasteiger partial charge in [-0.15, -0.1) is 0 Å². The van der Waals surface area contributed by atoms with Gasteiger partial charge in [-0.05, 0) is 18.9 Å². The molecule has 0 saturated carbocycles. The summed E-state index contributed by atoms with van der Waals surface area (Å²) < 4.78 is 11.9. The second-order valence-electron chi connectivity index (χ2n) is 3.81. The Morgan fingerprint density at radius 2 is 2.00 bits per heavy atom. The molecule has 0 saturated heterocycles. The Morgan fingerprint density at radius 3 is 2.76 bits per heavy atom. The van der Waals surface area contributed by atoms with Gasteiger partial charge in [0.1, 0.15) is 0 Å². The van der Waals surface area contributed by atoms with E-state index in [9.17, 15) is 4.79 Å². The van der Waals surface area contributed by atoms with E-state index in [0.717, 1.165) is 12.8 Å². The standard InChI is InChI=1S/C12H20N2O3/c1-16-7-3-9-17-8-2-6-14-10-11(13)4-5-12(14)15/h4-5,10H,2-3,6-9,13H2,1H3. The first-order chi connectivity index (χ1) is 8.24. The molecule has 0 fully saturated rings. The van der Waals surface area contributed by atoms with E-state index in [1.807, 2.05) is 0 Å². The molecule has 1 rings (SSSR count). The molecule has 5 nitrogen and oxygen atoms in total. The topological polar surface area (TPSA) is 66.5 Å². The molecule has 0 aliphatic rings. The Hall–Kier alpha value is -1.33. The maximum Gasteiger partial charge on any atom is 0.250 e. The first kappa shape index (κ1) is 13.7. The van der Waals surface area contributed by atoms with Crippen LogP contribution < -0.4 is 11.3 Å². The zero-order chi connectivity index (χ0) is 12.5. The number of anilines is 1. The molecule has 17 heavy (non-hydrogen) atoms. The first-order valence-corrected chi connectivity index (χ1v) is 5.76. The van der Waals surface area contributed by atoms with Crippen molar-refractivity contribution in [3.63, 3.8) is 0 Å². The number of pyridine rings is 1. The highest BCUT2D eigenvalue weighted by molar-refractivity contribution is 5.33. The molecule has 0 radical (unpaired) electrons. The van der Waals surface area contributed by atoms with E-state index in [-0.39, 0.29) is 5.56 Å². The lowest BCUT2D eigenvalue weighted by Crippen LogP contribution is -2.19. The van der Waals surface area contributed by atoms with Gasteiger partial charge in [0, 0.05) is 51.4 Å². The van der Waals surface area contributed by atoms with Crippen LogP contribution in [0.4, 0.5) is 5.69 Å². The molecule has 0 aliphatic heterocycles. The normalized spacial score (nSPS) is 10.6. The molecular formula is C12H20N2O3. The average molecular weight is 240 g/mol. The van der Waals surface area contributed by atoms with Crippen LogP contribution in [-0.4, -0.2) is 31.5 Å². The van der Waals surface area contributed by atoms with E-state index < -0.39 is 0 Å². The van der Waals surface area contributed by atoms with Gasteiger partial charge in [0.25, 0.3) is 5.56 Å². The molecule has 5 heteroatoms. The molecule has 0 bridgehead atoms. The van der Waals surface area contributed by atoms with Crippen molar-refractivity contribution in [3.8, 4) is 0 Å². The second kappa shape index (κ2) is 7.86. The number of hydrogen-bond acceptors (Lipinski definition) is 4. The lowest BCUT2D eigenvalue weighted by atomic mass is 10.4. The van der Waals surface area contributed by atoms with E-state index >= 15 is 0 Å². The molecule has 0 aromatic carbocycles. The quantitative estimate of drug-likeness (QED) is 0.685. The largest absolute Gasteiger partial charge is 0.398 e. The van der Waals surface area contributed by atoms with Crippen molar-refractivity contribution >= 4 is 5.69 Å². The Labute approximate surface area is 101 Å². The van der Waals surface area contributed by atoms with Gasteiger partial charge in [-0.2, -0.15) is 0 Å². The minimum atomic E-state index is -0.0291. The molecule has 1 aromatic rings. The van der Waals surface area contributed by atoms with Crippen molar-refractivity contribution < 1.29 is 9.47 Å². The smallest absolute Gasteiger partial charge is 0.250 e. The average Bonchev–Trinajstić information content (AvgIpc) is 2.32. The van der Waals surface area contributed by atoms with Crippen LogP contribution in [0.15, 0.2) is 23.1 Å². The summed E-state index contributed by atoms with van der Waals surface area (Å²) in [7, 11) is 1.67. The van der Waals surface area contributed by atoms with E-state index in [1.54, 1.807) is 23.9 Å². The van der Waals surface area contributed by atoms with Crippen molar-refractivity contribution in [1.82, 2.24) is 4.57 Å². The van der Waals surface area contributed by atoms with Gasteiger partial charge in [-0.1, -0.05) is 0 Å². The number of aromatic nitrogens is 1. The highest BCUT2D eigenvalue weighted by atomic mass is 16.5. The second-order valence-corrected chi connectivity index (χ2v) is 3.81. The van der Waals surface area contributed by atoms with Crippen LogP contribution in [0.5, 0.6) is 0 Å². The minimum absolute atomic E-state index is 0.0291. The highest BCUT2D eigenvalue weighted by Gasteiger charge is 1.96. The molecular weight excluding hydrogens is 220 g/mol. The van der Waals surface area contributed by atoms with Gasteiger partial charge in [0.2, 0.25) is 0 Å². The van der Waals surface area contributed by atoms with Gasteiger partial charge in [-0.25, -0.2) is 0 Å². The fourth-order valence-electron chi connectivity index (χ4n) is 1.47. The van der Waals surface area contributed by atoms with E-state index in [1.165, 1.54) is 6.07 Å². The third-order valence-electron chi connectivity index (χ3n) is 2.33. The number of nitrogens with zero attached hydrogens (tertiary/aromatic N) is 1. The molecule has 0 aliphatic carbocycles. The van der Waals surface area contributed by atoms with Crippen LogP contribution in [-0.2, 0) is 16.0 Å². The SMILES string of the molecule is COCCCOCCCn1cc(N)ccc1=O. The van der Waals surface area contributed by atoms with Gasteiger partial charge in [0.15, 0.2) is 0 Å². The first-order valence-electron chi connectivity index (χ1n) is 5.76. The van der Waals surface area contributed by atoms with Crippen molar-refractivity contribution in [1.29, 1.82) is 0 Å². The lowest BCUT2D eigenvalue weighted by molar-refractivity contribution is 0.0993. The van der Waals surface area contributed by atoms with Crippen LogP contribution in [0.25, 0.3) is 0 Å². The molecule has 0 atom stereocenters. The maximum absolute atomic E-state index is 11.4. The van der Waals surface area contributed by atoms with Crippen molar-refractivity contribution in [2.24, 2.45) is 0 Å². The molecule has 1 aromatic heterocycles. The lowest BCUT2D eigenvalue weighted by Gasteiger charge is -2.07. The summed E-state index contributed by atoms with van der Waals surface area (Å²) in [6, 6.07) is 3.09. The molecule has 96 valence electrons. The number of hydrogen-bond donors (Lipinski definition) is 1. The van der Waals surface area contributed by atoms with Crippen LogP contribution in [0.3, 0.4) is 0 Å². The summed E-state index contributed by atoms with van der Waals surface area (Å²) in [5.74, 6) is 0. The summed E-state index contributed by atoms with van der Waals surface area (Å²) >= 11 is 0. The third-order valence-corrected chi connectivity index (χ3v) is 2.33. The molecule has 0 amide bonds. The highest BCUT2D eigenvalue weighted by Crippen LogP contribution is 1.97. The third kappa shape index (κ3) is 5.51. The number of nitrogen functional groups attached to an aromatic ring is 1. The van der Waals surface area contributed by atoms with E-state index in [4.69, 9.17) is 15.2 Å². The number of methoxy groups -OCH3 is 1. The summed E-state index contributed by atoms with van der Waals surface area (Å²) in [4.78, 5) is 11.4. The molecule has 0 spiro atoms. The zero-order valence-corrected chi connectivity index (χ0v) is 10.2. The van der Waals surface area contributed by atoms with E-state index in [0.29, 0.717) is 32.1 Å².